The van der Waals surface area contributed by atoms with Crippen LogP contribution in [-0.4, -0.2) is 89.8 Å². The molecule has 0 aliphatic rings. The molecule has 4 atom stereocenters. The minimum Gasteiger partial charge on any atom is -0.480 e. The molecule has 0 aliphatic carbocycles. The van der Waals surface area contributed by atoms with E-state index in [1.807, 2.05) is 0 Å². The van der Waals surface area contributed by atoms with E-state index in [2.05, 4.69) is 25.9 Å². The number of rotatable bonds is 20. The monoisotopic (exact) mass is 572 g/mol. The zero-order chi connectivity index (χ0) is 30.8. The predicted octanol–water partition coefficient (Wildman–Crippen LogP) is -5.90. The summed E-state index contributed by atoms with van der Waals surface area (Å²) in [6, 6.07) is -5.47. The molecule has 0 heterocycles. The molecule has 0 aliphatic heterocycles. The van der Waals surface area contributed by atoms with Crippen LogP contribution >= 0.6 is 0 Å². The molecule has 0 bridgehead atoms. The van der Waals surface area contributed by atoms with Crippen molar-refractivity contribution in [1.82, 2.24) is 16.0 Å². The summed E-state index contributed by atoms with van der Waals surface area (Å²) >= 11 is 0. The van der Waals surface area contributed by atoms with E-state index in [0.717, 1.165) is 0 Å². The van der Waals surface area contributed by atoms with Gasteiger partial charge in [-0.2, -0.15) is 0 Å². The van der Waals surface area contributed by atoms with E-state index in [1.165, 1.54) is 0 Å². The summed E-state index contributed by atoms with van der Waals surface area (Å²) in [6.45, 7) is 0.311. The van der Waals surface area contributed by atoms with Crippen molar-refractivity contribution in [3.8, 4) is 0 Å². The van der Waals surface area contributed by atoms with E-state index in [0.29, 0.717) is 6.42 Å². The summed E-state index contributed by atoms with van der Waals surface area (Å²) in [7, 11) is 0. The van der Waals surface area contributed by atoms with Gasteiger partial charge in [-0.3, -0.25) is 34.0 Å². The minimum absolute atomic E-state index is 0.0759. The molecule has 0 fully saturated rings. The van der Waals surface area contributed by atoms with Crippen molar-refractivity contribution >= 4 is 47.4 Å². The van der Waals surface area contributed by atoms with Crippen molar-refractivity contribution in [3.05, 3.63) is 0 Å². The van der Waals surface area contributed by atoms with E-state index in [-0.39, 0.29) is 57.1 Å². The Morgan fingerprint density at radius 1 is 0.625 bits per heavy atom. The summed E-state index contributed by atoms with van der Waals surface area (Å²) in [6.07, 6.45) is -0.661. The number of nitrogens with zero attached hydrogens (tertiary/aromatic N) is 2. The molecule has 0 aromatic carbocycles. The Balaban J connectivity index is 5.51. The van der Waals surface area contributed by atoms with Gasteiger partial charge >= 0.3 is 5.97 Å². The second-order valence-corrected chi connectivity index (χ2v) is 8.70. The van der Waals surface area contributed by atoms with Gasteiger partial charge in [0.25, 0.3) is 0 Å². The first-order valence-corrected chi connectivity index (χ1v) is 12.2. The van der Waals surface area contributed by atoms with Crippen LogP contribution < -0.4 is 56.1 Å². The van der Waals surface area contributed by atoms with E-state index >= 15 is 0 Å². The third-order valence-electron chi connectivity index (χ3n) is 5.21. The van der Waals surface area contributed by atoms with Crippen LogP contribution in [0.1, 0.15) is 44.9 Å². The zero-order valence-electron chi connectivity index (χ0n) is 22.0. The van der Waals surface area contributed by atoms with Crippen LogP contribution in [0.5, 0.6) is 0 Å². The number of aliphatic carboxylic acids is 1. The summed E-state index contributed by atoms with van der Waals surface area (Å²) in [4.78, 5) is 80.3. The number of primary amides is 2. The van der Waals surface area contributed by atoms with E-state index in [4.69, 9.17) is 40.1 Å². The van der Waals surface area contributed by atoms with Crippen molar-refractivity contribution in [2.75, 3.05) is 13.1 Å². The molecule has 4 unspecified atom stereocenters. The maximum absolute atomic E-state index is 13.0. The van der Waals surface area contributed by atoms with E-state index in [1.54, 1.807) is 0 Å². The third kappa shape index (κ3) is 16.2. The van der Waals surface area contributed by atoms with Gasteiger partial charge in [-0.05, 0) is 32.1 Å². The number of carboxylic acid groups (broad SMARTS) is 1. The summed E-state index contributed by atoms with van der Waals surface area (Å²) in [5.41, 5.74) is 37.1. The molecule has 0 rings (SSSR count). The van der Waals surface area contributed by atoms with Crippen LogP contribution in [0.25, 0.3) is 0 Å². The highest BCUT2D eigenvalue weighted by Crippen LogP contribution is 2.05. The Morgan fingerprint density at radius 2 is 1.10 bits per heavy atom. The van der Waals surface area contributed by atoms with Gasteiger partial charge in [0.1, 0.15) is 18.1 Å². The van der Waals surface area contributed by atoms with Gasteiger partial charge in [-0.1, -0.05) is 0 Å². The van der Waals surface area contributed by atoms with Crippen LogP contribution in [0, 0.1) is 0 Å². The normalized spacial score (nSPS) is 13.4. The van der Waals surface area contributed by atoms with E-state index < -0.39 is 66.1 Å². The number of hydrogen-bond acceptors (Lipinski definition) is 9. The second-order valence-electron chi connectivity index (χ2n) is 8.70. The lowest BCUT2D eigenvalue weighted by molar-refractivity contribution is -0.142. The van der Waals surface area contributed by atoms with Crippen LogP contribution in [0.15, 0.2) is 9.98 Å². The molecule has 226 valence electrons. The molecule has 0 aromatic rings. The maximum Gasteiger partial charge on any atom is 0.326 e. The van der Waals surface area contributed by atoms with Crippen molar-refractivity contribution in [3.63, 3.8) is 0 Å². The van der Waals surface area contributed by atoms with Gasteiger partial charge in [0, 0.05) is 19.5 Å². The molecule has 19 heteroatoms. The van der Waals surface area contributed by atoms with Gasteiger partial charge < -0.3 is 61.2 Å². The highest BCUT2D eigenvalue weighted by Gasteiger charge is 2.31. The molecule has 0 saturated carbocycles. The highest BCUT2D eigenvalue weighted by molar-refractivity contribution is 5.96. The standard InChI is InChI=1S/C21H40N12O7/c22-10(3-1-7-29-20(25)26)16(36)31-11(5-6-14(23)34)17(37)33-13(9-15(24)35)18(38)32-12(19(39)40)4-2-8-30-21(27)28/h10-13H,1-9,22H2,(H2,23,34)(H2,24,35)(H,31,36)(H,32,38)(H,33,37)(H,39,40)(H4,25,26,29)(H4,27,28,30). The molecule has 0 aromatic heterocycles. The Bertz CT molecular complexity index is 964. The number of carboxylic acids is 1. The Hall–Kier alpha value is -4.68. The molecule has 18 N–H and O–H groups in total. The van der Waals surface area contributed by atoms with E-state index in [9.17, 15) is 33.9 Å². The van der Waals surface area contributed by atoms with Crippen LogP contribution in [0.4, 0.5) is 0 Å². The zero-order valence-corrected chi connectivity index (χ0v) is 22.0. The first-order chi connectivity index (χ1) is 18.6. The SMILES string of the molecule is NC(=O)CCC(NC(=O)C(N)CCCN=C(N)N)C(=O)NC(CC(N)=O)C(=O)NC(CCCN=C(N)N)C(=O)O. The lowest BCUT2D eigenvalue weighted by Crippen LogP contribution is -2.57. The number of nitrogens with two attached hydrogens (primary N) is 7. The average Bonchev–Trinajstić information content (AvgIpc) is 2.84. The molecule has 0 spiro atoms. The fourth-order valence-corrected chi connectivity index (χ4v) is 3.20. The number of hydrogen-bond donors (Lipinski definition) is 11. The minimum atomic E-state index is -1.61. The number of aliphatic imine (C=N–C) groups is 2. The van der Waals surface area contributed by atoms with Gasteiger partial charge in [-0.25, -0.2) is 4.79 Å². The van der Waals surface area contributed by atoms with Crippen LogP contribution in [0.2, 0.25) is 0 Å². The van der Waals surface area contributed by atoms with Gasteiger partial charge in [0.15, 0.2) is 11.9 Å². The number of nitrogens with one attached hydrogen (secondary N) is 3. The second kappa shape index (κ2) is 18.6. The smallest absolute Gasteiger partial charge is 0.326 e. The van der Waals surface area contributed by atoms with Crippen LogP contribution in [-0.2, 0) is 28.8 Å². The lowest BCUT2D eigenvalue weighted by atomic mass is 10.1. The van der Waals surface area contributed by atoms with Crippen molar-refractivity contribution in [2.24, 2.45) is 50.1 Å². The quantitative estimate of drug-likeness (QED) is 0.0369. The summed E-state index contributed by atoms with van der Waals surface area (Å²) < 4.78 is 0. The van der Waals surface area contributed by atoms with Crippen molar-refractivity contribution < 1.29 is 33.9 Å². The van der Waals surface area contributed by atoms with Crippen molar-refractivity contribution in [1.29, 1.82) is 0 Å². The molecule has 19 nitrogen and oxygen atoms in total. The van der Waals surface area contributed by atoms with Crippen molar-refractivity contribution in [2.45, 2.75) is 69.1 Å². The number of amides is 5. The number of carbonyl (C=O) groups is 6. The maximum atomic E-state index is 13.0. The topological polar surface area (TPSA) is 366 Å². The first-order valence-electron chi connectivity index (χ1n) is 12.2. The van der Waals surface area contributed by atoms with Gasteiger partial charge in [0.05, 0.1) is 12.5 Å². The average molecular weight is 573 g/mol. The fraction of sp³-hybridized carbons (Fsp3) is 0.619. The molecule has 5 amide bonds. The highest BCUT2D eigenvalue weighted by atomic mass is 16.4. The molecule has 40 heavy (non-hydrogen) atoms. The molecular formula is C21H40N12O7. The third-order valence-corrected chi connectivity index (χ3v) is 5.21. The number of guanidine groups is 2. The molecule has 0 radical (unpaired) electrons. The Kier molecular flexibility index (Phi) is 16.4. The van der Waals surface area contributed by atoms with Gasteiger partial charge in [0.2, 0.25) is 29.5 Å². The predicted molar refractivity (Wildman–Crippen MR) is 143 cm³/mol. The Labute approximate surface area is 230 Å². The Morgan fingerprint density at radius 3 is 1.57 bits per heavy atom. The first kappa shape index (κ1) is 35.3. The largest absolute Gasteiger partial charge is 0.480 e. The summed E-state index contributed by atoms with van der Waals surface area (Å²) in [5, 5.41) is 16.3. The fourth-order valence-electron chi connectivity index (χ4n) is 3.20. The van der Waals surface area contributed by atoms with Gasteiger partial charge in [-0.15, -0.1) is 0 Å². The number of carbonyl (C=O) groups excluding carboxylic acids is 5. The lowest BCUT2D eigenvalue weighted by Gasteiger charge is -2.24. The molecular weight excluding hydrogens is 532 g/mol. The summed E-state index contributed by atoms with van der Waals surface area (Å²) in [5.74, 6) is -6.22. The molecule has 0 saturated heterocycles. The van der Waals surface area contributed by atoms with Crippen LogP contribution in [0.3, 0.4) is 0 Å².